The molecule has 0 bridgehead atoms. The first-order chi connectivity index (χ1) is 8.58. The number of imide groups is 1. The first-order valence-corrected chi connectivity index (χ1v) is 5.61. The Kier molecular flexibility index (Phi) is 2.19. The van der Waals surface area contributed by atoms with Gasteiger partial charge in [-0.3, -0.25) is 14.5 Å². The molecule has 2 atom stereocenters. The average molecular weight is 246 g/mol. The van der Waals surface area contributed by atoms with Gasteiger partial charge in [-0.2, -0.15) is 0 Å². The Bertz CT molecular complexity index is 532. The number of hydrogen-bond donors (Lipinski definition) is 1. The number of nitrogens with zero attached hydrogens (tertiary/aromatic N) is 2. The number of aromatic nitrogens is 1. The summed E-state index contributed by atoms with van der Waals surface area (Å²) in [5.74, 6) is -1.55. The molecule has 1 aliphatic carbocycles. The summed E-state index contributed by atoms with van der Waals surface area (Å²) >= 11 is 0. The highest BCUT2D eigenvalue weighted by atomic mass is 16.4. The number of aromatic carboxylic acids is 1. The molecule has 3 rings (SSSR count). The van der Waals surface area contributed by atoms with Crippen LogP contribution in [-0.2, 0) is 16.1 Å². The molecule has 6 nitrogen and oxygen atoms in total. The van der Waals surface area contributed by atoms with E-state index in [9.17, 15) is 14.4 Å². The van der Waals surface area contributed by atoms with E-state index in [1.165, 1.54) is 17.2 Å². The van der Waals surface area contributed by atoms with Crippen molar-refractivity contribution in [3.05, 3.63) is 29.6 Å². The number of carboxylic acid groups (broad SMARTS) is 1. The molecular weight excluding hydrogens is 236 g/mol. The Hall–Kier alpha value is -2.24. The number of carbonyl (C=O) groups is 3. The second kappa shape index (κ2) is 3.63. The standard InChI is InChI=1S/C12H10N2O4/c15-10-7-3-8(7)11(16)14(10)5-6-1-2-9(12(17)18)13-4-6/h1-2,4,7-8H,3,5H2,(H,17,18). The lowest BCUT2D eigenvalue weighted by molar-refractivity contribution is -0.142. The third kappa shape index (κ3) is 1.57. The van der Waals surface area contributed by atoms with Gasteiger partial charge >= 0.3 is 5.97 Å². The number of fused-ring (bicyclic) bond motifs is 1. The van der Waals surface area contributed by atoms with Gasteiger partial charge in [-0.25, -0.2) is 9.78 Å². The van der Waals surface area contributed by atoms with Crippen LogP contribution >= 0.6 is 0 Å². The number of pyridine rings is 1. The van der Waals surface area contributed by atoms with Crippen molar-refractivity contribution in [3.63, 3.8) is 0 Å². The zero-order valence-electron chi connectivity index (χ0n) is 9.37. The van der Waals surface area contributed by atoms with E-state index in [-0.39, 0.29) is 35.9 Å². The fourth-order valence-electron chi connectivity index (χ4n) is 2.23. The molecule has 1 N–H and O–H groups in total. The van der Waals surface area contributed by atoms with Crippen LogP contribution in [0.5, 0.6) is 0 Å². The smallest absolute Gasteiger partial charge is 0.354 e. The van der Waals surface area contributed by atoms with Crippen LogP contribution in [0.25, 0.3) is 0 Å². The first kappa shape index (κ1) is 10.9. The number of carboxylic acids is 1. The maximum Gasteiger partial charge on any atom is 0.354 e. The van der Waals surface area contributed by atoms with Crippen molar-refractivity contribution in [3.8, 4) is 0 Å². The van der Waals surface area contributed by atoms with Crippen LogP contribution in [0.3, 0.4) is 0 Å². The Morgan fingerprint density at radius 2 is 2.00 bits per heavy atom. The summed E-state index contributed by atoms with van der Waals surface area (Å²) in [7, 11) is 0. The number of hydrogen-bond acceptors (Lipinski definition) is 4. The van der Waals surface area contributed by atoms with Crippen LogP contribution in [0.1, 0.15) is 22.5 Å². The fourth-order valence-corrected chi connectivity index (χ4v) is 2.23. The van der Waals surface area contributed by atoms with E-state index in [1.807, 2.05) is 0 Å². The topological polar surface area (TPSA) is 87.6 Å². The number of rotatable bonds is 3. The van der Waals surface area contributed by atoms with E-state index in [0.717, 1.165) is 0 Å². The van der Waals surface area contributed by atoms with Crippen LogP contribution in [0.2, 0.25) is 0 Å². The molecule has 2 unspecified atom stereocenters. The van der Waals surface area contributed by atoms with Crippen molar-refractivity contribution in [2.75, 3.05) is 0 Å². The summed E-state index contributed by atoms with van der Waals surface area (Å²) in [6.45, 7) is 0.178. The second-order valence-corrected chi connectivity index (χ2v) is 4.57. The maximum atomic E-state index is 11.7. The molecule has 1 saturated carbocycles. The van der Waals surface area contributed by atoms with E-state index >= 15 is 0 Å². The van der Waals surface area contributed by atoms with Gasteiger partial charge in [0.25, 0.3) is 0 Å². The van der Waals surface area contributed by atoms with Gasteiger partial charge in [0.2, 0.25) is 11.8 Å². The highest BCUT2D eigenvalue weighted by Crippen LogP contribution is 2.47. The fraction of sp³-hybridized carbons (Fsp3) is 0.333. The Balaban J connectivity index is 1.75. The SMILES string of the molecule is O=C(O)c1ccc(CN2C(=O)C3CC3C2=O)cn1. The summed E-state index contributed by atoms with van der Waals surface area (Å²) in [4.78, 5) is 39.1. The molecule has 1 saturated heterocycles. The van der Waals surface area contributed by atoms with Crippen molar-refractivity contribution in [2.45, 2.75) is 13.0 Å². The molecule has 1 aromatic heterocycles. The number of piperidine rings is 1. The van der Waals surface area contributed by atoms with E-state index in [1.54, 1.807) is 6.07 Å². The maximum absolute atomic E-state index is 11.7. The molecule has 2 fully saturated rings. The highest BCUT2D eigenvalue weighted by Gasteiger charge is 2.58. The van der Waals surface area contributed by atoms with Crippen molar-refractivity contribution >= 4 is 17.8 Å². The lowest BCUT2D eigenvalue weighted by atomic mass is 10.2. The molecule has 0 radical (unpaired) electrons. The summed E-state index contributed by atoms with van der Waals surface area (Å²) in [5, 5.41) is 8.70. The van der Waals surface area contributed by atoms with Gasteiger partial charge in [-0.05, 0) is 18.1 Å². The summed E-state index contributed by atoms with van der Waals surface area (Å²) < 4.78 is 0. The monoisotopic (exact) mass is 246 g/mol. The van der Waals surface area contributed by atoms with Crippen LogP contribution < -0.4 is 0 Å². The second-order valence-electron chi connectivity index (χ2n) is 4.57. The van der Waals surface area contributed by atoms with Crippen LogP contribution in [-0.4, -0.2) is 32.8 Å². The third-order valence-corrected chi connectivity index (χ3v) is 3.34. The van der Waals surface area contributed by atoms with Crippen LogP contribution in [0.15, 0.2) is 18.3 Å². The lowest BCUT2D eigenvalue weighted by Crippen LogP contribution is -2.32. The van der Waals surface area contributed by atoms with Gasteiger partial charge in [0.05, 0.1) is 18.4 Å². The predicted octanol–water partition coefficient (Wildman–Crippen LogP) is 0.285. The van der Waals surface area contributed by atoms with Crippen molar-refractivity contribution in [2.24, 2.45) is 11.8 Å². The third-order valence-electron chi connectivity index (χ3n) is 3.34. The number of likely N-dealkylation sites (tertiary alicyclic amines) is 1. The Labute approximate surface area is 102 Å². The minimum Gasteiger partial charge on any atom is -0.477 e. The van der Waals surface area contributed by atoms with E-state index in [4.69, 9.17) is 5.11 Å². The summed E-state index contributed by atoms with van der Waals surface area (Å²) in [6, 6.07) is 2.93. The first-order valence-electron chi connectivity index (χ1n) is 5.61. The van der Waals surface area contributed by atoms with Crippen LogP contribution in [0, 0.1) is 11.8 Å². The largest absolute Gasteiger partial charge is 0.477 e. The van der Waals surface area contributed by atoms with Gasteiger partial charge in [0.15, 0.2) is 0 Å². The molecular formula is C12H10N2O4. The van der Waals surface area contributed by atoms with Gasteiger partial charge < -0.3 is 5.11 Å². The molecule has 2 heterocycles. The zero-order valence-corrected chi connectivity index (χ0v) is 9.37. The quantitative estimate of drug-likeness (QED) is 0.774. The average Bonchev–Trinajstić information content (AvgIpc) is 3.10. The molecule has 18 heavy (non-hydrogen) atoms. The van der Waals surface area contributed by atoms with E-state index in [2.05, 4.69) is 4.98 Å². The highest BCUT2D eigenvalue weighted by molar-refractivity contribution is 6.08. The molecule has 1 aromatic rings. The normalized spacial score (nSPS) is 25.2. The van der Waals surface area contributed by atoms with Gasteiger partial charge in [-0.1, -0.05) is 6.07 Å². The molecule has 0 aromatic carbocycles. The minimum atomic E-state index is -1.10. The molecule has 1 aliphatic heterocycles. The molecule has 6 heteroatoms. The zero-order chi connectivity index (χ0) is 12.9. The van der Waals surface area contributed by atoms with Crippen molar-refractivity contribution in [1.29, 1.82) is 0 Å². The van der Waals surface area contributed by atoms with Gasteiger partial charge in [0.1, 0.15) is 5.69 Å². The van der Waals surface area contributed by atoms with Crippen LogP contribution in [0.4, 0.5) is 0 Å². The molecule has 2 amide bonds. The lowest BCUT2D eigenvalue weighted by Gasteiger charge is -2.15. The van der Waals surface area contributed by atoms with Gasteiger partial charge in [0, 0.05) is 6.20 Å². The molecule has 92 valence electrons. The molecule has 0 spiro atoms. The van der Waals surface area contributed by atoms with Gasteiger partial charge in [-0.15, -0.1) is 0 Å². The number of amides is 2. The number of carbonyl (C=O) groups excluding carboxylic acids is 2. The van der Waals surface area contributed by atoms with E-state index < -0.39 is 5.97 Å². The Morgan fingerprint density at radius 1 is 1.33 bits per heavy atom. The van der Waals surface area contributed by atoms with Crippen molar-refractivity contribution in [1.82, 2.24) is 9.88 Å². The Morgan fingerprint density at radius 3 is 2.50 bits per heavy atom. The van der Waals surface area contributed by atoms with E-state index in [0.29, 0.717) is 12.0 Å². The summed E-state index contributed by atoms with van der Waals surface area (Å²) in [6.07, 6.45) is 2.07. The minimum absolute atomic E-state index is 0.0549. The summed E-state index contributed by atoms with van der Waals surface area (Å²) in [5.41, 5.74) is 0.601. The predicted molar refractivity (Wildman–Crippen MR) is 58.4 cm³/mol. The molecule has 2 aliphatic rings. The van der Waals surface area contributed by atoms with Crippen molar-refractivity contribution < 1.29 is 19.5 Å².